The van der Waals surface area contributed by atoms with E-state index in [1.165, 1.54) is 0 Å². The lowest BCUT2D eigenvalue weighted by molar-refractivity contribution is -0.138. The van der Waals surface area contributed by atoms with Crippen LogP contribution in [0.15, 0.2) is 48.6 Å². The summed E-state index contributed by atoms with van der Waals surface area (Å²) in [6.07, 6.45) is 0. The van der Waals surface area contributed by atoms with E-state index in [1.807, 2.05) is 24.3 Å². The Balaban J connectivity index is 2.56. The fraction of sp³-hybridized carbons (Fsp3) is 0.444. The third-order valence-corrected chi connectivity index (χ3v) is 10.6. The summed E-state index contributed by atoms with van der Waals surface area (Å²) in [6.45, 7) is 17.0. The van der Waals surface area contributed by atoms with Gasteiger partial charge in [0.1, 0.15) is 5.75 Å². The lowest BCUT2D eigenvalue weighted by atomic mass is 9.98. The van der Waals surface area contributed by atoms with Crippen molar-refractivity contribution in [2.75, 3.05) is 33.3 Å². The average Bonchev–Trinajstić information content (AvgIpc) is 2.81. The van der Waals surface area contributed by atoms with E-state index in [1.54, 1.807) is 40.4 Å². The number of nitrogens with one attached hydrogen (secondary N) is 1. The molecule has 0 aliphatic rings. The molecule has 8 heteroatoms. The molecule has 0 heterocycles. The molecule has 35 heavy (non-hydrogen) atoms. The summed E-state index contributed by atoms with van der Waals surface area (Å²) in [5.41, 5.74) is 1.78. The summed E-state index contributed by atoms with van der Waals surface area (Å²) < 4.78 is 28.2. The molecular weight excluding hydrogens is 462 g/mol. The highest BCUT2D eigenvalue weighted by Crippen LogP contribution is 2.42. The van der Waals surface area contributed by atoms with Crippen LogP contribution in [0.1, 0.15) is 39.3 Å². The van der Waals surface area contributed by atoms with E-state index in [-0.39, 0.29) is 17.2 Å². The highest BCUT2D eigenvalue weighted by atomic mass is 28.4. The van der Waals surface area contributed by atoms with Crippen molar-refractivity contribution in [2.24, 2.45) is 0 Å². The van der Waals surface area contributed by atoms with E-state index in [9.17, 15) is 4.79 Å². The van der Waals surface area contributed by atoms with Crippen LogP contribution in [0.2, 0.25) is 18.1 Å². The number of methoxy groups -OCH3 is 3. The summed E-state index contributed by atoms with van der Waals surface area (Å²) in [6, 6.07) is 10.5. The number of carbonyl (C=O) groups excluding carboxylic acids is 1. The first-order valence-electron chi connectivity index (χ1n) is 11.6. The zero-order valence-electron chi connectivity index (χ0n) is 22.4. The Hall–Kier alpha value is -3.13. The molecule has 0 fully saturated rings. The van der Waals surface area contributed by atoms with E-state index < -0.39 is 20.3 Å². The summed E-state index contributed by atoms with van der Waals surface area (Å²) >= 11 is 0. The van der Waals surface area contributed by atoms with Crippen LogP contribution in [-0.2, 0) is 9.53 Å². The number of esters is 1. The molecule has 7 nitrogen and oxygen atoms in total. The Labute approximate surface area is 210 Å². The van der Waals surface area contributed by atoms with Gasteiger partial charge in [0.2, 0.25) is 0 Å². The van der Waals surface area contributed by atoms with Gasteiger partial charge in [-0.3, -0.25) is 0 Å². The molecule has 0 spiro atoms. The molecule has 1 N–H and O–H groups in total. The van der Waals surface area contributed by atoms with Crippen LogP contribution in [0.25, 0.3) is 0 Å². The molecule has 2 aromatic carbocycles. The molecule has 192 valence electrons. The Bertz CT molecular complexity index is 1040. The molecule has 2 rings (SSSR count). The zero-order chi connectivity index (χ0) is 26.4. The van der Waals surface area contributed by atoms with Crippen LogP contribution in [0.3, 0.4) is 0 Å². The molecule has 2 aromatic rings. The first kappa shape index (κ1) is 28.1. The van der Waals surface area contributed by atoms with Crippen molar-refractivity contribution in [1.29, 1.82) is 0 Å². The highest BCUT2D eigenvalue weighted by molar-refractivity contribution is 6.74. The van der Waals surface area contributed by atoms with E-state index >= 15 is 0 Å². The summed E-state index contributed by atoms with van der Waals surface area (Å²) in [4.78, 5) is 12.7. The van der Waals surface area contributed by atoms with Crippen LogP contribution in [0.5, 0.6) is 23.0 Å². The summed E-state index contributed by atoms with van der Waals surface area (Å²) in [5.74, 6) is 1.95. The predicted octanol–water partition coefficient (Wildman–Crippen LogP) is 6.37. The van der Waals surface area contributed by atoms with Crippen molar-refractivity contribution in [3.8, 4) is 23.0 Å². The van der Waals surface area contributed by atoms with Crippen molar-refractivity contribution in [2.45, 2.75) is 51.9 Å². The maximum absolute atomic E-state index is 12.7. The Morgan fingerprint density at radius 2 is 1.51 bits per heavy atom. The molecule has 0 unspecified atom stereocenters. The Morgan fingerprint density at radius 1 is 0.943 bits per heavy atom. The summed E-state index contributed by atoms with van der Waals surface area (Å²) in [5, 5.41) is 3.40. The number of anilines is 1. The SMILES string of the molecule is C=C(C(=O)OCC)[C@@H](Nc1ccc(OC)c(OC)c1)c1ccc(OC)c(O[Si](C)(C)C(C)(C)C)c1. The van der Waals surface area contributed by atoms with Crippen LogP contribution in [0.4, 0.5) is 5.69 Å². The summed E-state index contributed by atoms with van der Waals surface area (Å²) in [7, 11) is 2.62. The molecule has 0 aliphatic carbocycles. The van der Waals surface area contributed by atoms with Gasteiger partial charge in [-0.1, -0.05) is 33.4 Å². The van der Waals surface area contributed by atoms with Crippen LogP contribution >= 0.6 is 0 Å². The third-order valence-electron chi connectivity index (χ3n) is 6.27. The van der Waals surface area contributed by atoms with Gasteiger partial charge in [0.25, 0.3) is 8.32 Å². The first-order valence-corrected chi connectivity index (χ1v) is 14.5. The number of carbonyl (C=O) groups is 1. The lowest BCUT2D eigenvalue weighted by Crippen LogP contribution is -2.44. The van der Waals surface area contributed by atoms with Gasteiger partial charge in [-0.25, -0.2) is 4.79 Å². The largest absolute Gasteiger partial charge is 0.541 e. The van der Waals surface area contributed by atoms with Gasteiger partial charge in [0.15, 0.2) is 17.2 Å². The van der Waals surface area contributed by atoms with Gasteiger partial charge >= 0.3 is 5.97 Å². The van der Waals surface area contributed by atoms with Gasteiger partial charge in [-0.05, 0) is 54.9 Å². The van der Waals surface area contributed by atoms with Crippen LogP contribution in [0, 0.1) is 0 Å². The zero-order valence-corrected chi connectivity index (χ0v) is 23.4. The van der Waals surface area contributed by atoms with Gasteiger partial charge < -0.3 is 28.7 Å². The smallest absolute Gasteiger partial charge is 0.335 e. The van der Waals surface area contributed by atoms with Gasteiger partial charge in [-0.2, -0.15) is 0 Å². The highest BCUT2D eigenvalue weighted by Gasteiger charge is 2.39. The van der Waals surface area contributed by atoms with E-state index in [4.69, 9.17) is 23.4 Å². The quantitative estimate of drug-likeness (QED) is 0.218. The normalized spacial score (nSPS) is 12.4. The van der Waals surface area contributed by atoms with Crippen molar-refractivity contribution in [3.63, 3.8) is 0 Å². The van der Waals surface area contributed by atoms with E-state index in [2.05, 4.69) is 45.8 Å². The van der Waals surface area contributed by atoms with Gasteiger partial charge in [-0.15, -0.1) is 0 Å². The Morgan fingerprint density at radius 3 is 2.06 bits per heavy atom. The van der Waals surface area contributed by atoms with Gasteiger partial charge in [0, 0.05) is 11.8 Å². The number of hydrogen-bond donors (Lipinski definition) is 1. The molecular formula is C27H39NO6Si. The van der Waals surface area contributed by atoms with Gasteiger partial charge in [0.05, 0.1) is 39.6 Å². The van der Waals surface area contributed by atoms with Crippen molar-refractivity contribution in [3.05, 3.63) is 54.1 Å². The van der Waals surface area contributed by atoms with Crippen LogP contribution < -0.4 is 24.0 Å². The third kappa shape index (κ3) is 6.72. The molecule has 0 aromatic heterocycles. The minimum atomic E-state index is -2.15. The van der Waals surface area contributed by atoms with Crippen molar-refractivity contribution >= 4 is 20.0 Å². The standard InChI is InChI=1S/C27H39NO6Si/c1-11-33-26(29)18(2)25(28-20-13-15-21(30-6)23(17-20)32-8)19-12-14-22(31-7)24(16-19)34-35(9,10)27(3,4)5/h12-17,25,28H,2,11H2,1,3-10H3/t25-/m1/s1. The first-order chi connectivity index (χ1) is 16.4. The second-order valence-corrected chi connectivity index (χ2v) is 14.4. The number of rotatable bonds is 11. The molecule has 0 bridgehead atoms. The predicted molar refractivity (Wildman–Crippen MR) is 143 cm³/mol. The topological polar surface area (TPSA) is 75.3 Å². The molecule has 0 saturated heterocycles. The molecule has 1 atom stereocenters. The fourth-order valence-electron chi connectivity index (χ4n) is 3.19. The molecule has 0 saturated carbocycles. The maximum Gasteiger partial charge on any atom is 0.335 e. The molecule has 0 amide bonds. The van der Waals surface area contributed by atoms with Crippen molar-refractivity contribution in [1.82, 2.24) is 0 Å². The fourth-order valence-corrected chi connectivity index (χ4v) is 4.20. The number of ether oxygens (including phenoxy) is 4. The van der Waals surface area contributed by atoms with E-state index in [0.29, 0.717) is 23.0 Å². The van der Waals surface area contributed by atoms with Crippen molar-refractivity contribution < 1.29 is 28.2 Å². The minimum Gasteiger partial charge on any atom is -0.541 e. The van der Waals surface area contributed by atoms with E-state index in [0.717, 1.165) is 11.3 Å². The maximum atomic E-state index is 12.7. The number of hydrogen-bond acceptors (Lipinski definition) is 7. The Kier molecular flexibility index (Phi) is 9.26. The second-order valence-electron chi connectivity index (χ2n) is 9.67. The second kappa shape index (κ2) is 11.5. The monoisotopic (exact) mass is 501 g/mol. The molecule has 0 radical (unpaired) electrons. The van der Waals surface area contributed by atoms with Crippen LogP contribution in [-0.4, -0.2) is 42.2 Å². The minimum absolute atomic E-state index is 0.000154. The average molecular weight is 502 g/mol. The number of benzene rings is 2. The molecule has 0 aliphatic heterocycles. The lowest BCUT2D eigenvalue weighted by Gasteiger charge is -2.37.